The van der Waals surface area contributed by atoms with E-state index in [0.717, 1.165) is 24.2 Å². The Morgan fingerprint density at radius 3 is 2.82 bits per heavy atom. The first-order valence-corrected chi connectivity index (χ1v) is 4.60. The summed E-state index contributed by atoms with van der Waals surface area (Å²) in [4.78, 5) is 0. The molecule has 11 heavy (non-hydrogen) atoms. The van der Waals surface area contributed by atoms with E-state index in [1.54, 1.807) is 0 Å². The zero-order chi connectivity index (χ0) is 8.69. The van der Waals surface area contributed by atoms with Crippen LogP contribution in [0.5, 0.6) is 0 Å². The van der Waals surface area contributed by atoms with E-state index in [1.165, 1.54) is 0 Å². The first kappa shape index (κ1) is 11.1. The van der Waals surface area contributed by atoms with Crippen LogP contribution in [0.3, 0.4) is 0 Å². The van der Waals surface area contributed by atoms with E-state index >= 15 is 0 Å². The van der Waals surface area contributed by atoms with Gasteiger partial charge in [0, 0.05) is 23.7 Å². The van der Waals surface area contributed by atoms with E-state index in [0.29, 0.717) is 6.04 Å². The molecule has 66 valence electrons. The average Bonchev–Trinajstić information content (AvgIpc) is 1.97. The second-order valence-corrected chi connectivity index (χ2v) is 3.58. The molecule has 0 amide bonds. The SMILES string of the molecule is C=C(Br)CNC(C)COCC. The van der Waals surface area contributed by atoms with Crippen molar-refractivity contribution in [2.45, 2.75) is 19.9 Å². The summed E-state index contributed by atoms with van der Waals surface area (Å²) in [6.07, 6.45) is 0. The van der Waals surface area contributed by atoms with Gasteiger partial charge in [0.15, 0.2) is 0 Å². The highest BCUT2D eigenvalue weighted by Crippen LogP contribution is 1.97. The van der Waals surface area contributed by atoms with Gasteiger partial charge in [-0.05, 0) is 13.8 Å². The van der Waals surface area contributed by atoms with Crippen LogP contribution in [0, 0.1) is 0 Å². The van der Waals surface area contributed by atoms with Crippen LogP contribution in [-0.4, -0.2) is 25.8 Å². The van der Waals surface area contributed by atoms with Crippen LogP contribution in [0.4, 0.5) is 0 Å². The summed E-state index contributed by atoms with van der Waals surface area (Å²) in [6, 6.07) is 0.393. The lowest BCUT2D eigenvalue weighted by molar-refractivity contribution is 0.128. The third kappa shape index (κ3) is 8.04. The maximum absolute atomic E-state index is 5.22. The molecule has 0 radical (unpaired) electrons. The Morgan fingerprint density at radius 1 is 1.73 bits per heavy atom. The molecule has 0 saturated heterocycles. The summed E-state index contributed by atoms with van der Waals surface area (Å²) in [6.45, 7) is 10.1. The molecule has 0 bridgehead atoms. The Bertz CT molecular complexity index is 117. The Balaban J connectivity index is 3.22. The van der Waals surface area contributed by atoms with Crippen molar-refractivity contribution in [3.05, 3.63) is 11.1 Å². The van der Waals surface area contributed by atoms with Crippen LogP contribution in [0.25, 0.3) is 0 Å². The van der Waals surface area contributed by atoms with Crippen LogP contribution in [0.1, 0.15) is 13.8 Å². The largest absolute Gasteiger partial charge is 0.380 e. The van der Waals surface area contributed by atoms with Crippen LogP contribution in [-0.2, 0) is 4.74 Å². The fraction of sp³-hybridized carbons (Fsp3) is 0.750. The van der Waals surface area contributed by atoms with E-state index in [9.17, 15) is 0 Å². The number of hydrogen-bond acceptors (Lipinski definition) is 2. The summed E-state index contributed by atoms with van der Waals surface area (Å²) in [7, 11) is 0. The van der Waals surface area contributed by atoms with Gasteiger partial charge in [0.25, 0.3) is 0 Å². The van der Waals surface area contributed by atoms with Crippen molar-refractivity contribution in [1.29, 1.82) is 0 Å². The molecular weight excluding hydrogens is 206 g/mol. The van der Waals surface area contributed by atoms with Crippen molar-refractivity contribution in [3.63, 3.8) is 0 Å². The molecular formula is C8H16BrNO. The van der Waals surface area contributed by atoms with Crippen molar-refractivity contribution >= 4 is 15.9 Å². The Labute approximate surface area is 77.1 Å². The molecule has 0 saturated carbocycles. The minimum atomic E-state index is 0.393. The van der Waals surface area contributed by atoms with Gasteiger partial charge in [-0.25, -0.2) is 0 Å². The third-order valence-corrected chi connectivity index (χ3v) is 1.49. The van der Waals surface area contributed by atoms with Gasteiger partial charge in [0.1, 0.15) is 0 Å². The van der Waals surface area contributed by atoms with E-state index in [4.69, 9.17) is 4.74 Å². The van der Waals surface area contributed by atoms with Gasteiger partial charge in [-0.1, -0.05) is 22.5 Å². The van der Waals surface area contributed by atoms with Crippen molar-refractivity contribution < 1.29 is 4.74 Å². The lowest BCUT2D eigenvalue weighted by Gasteiger charge is -2.12. The number of hydrogen-bond donors (Lipinski definition) is 1. The summed E-state index contributed by atoms with van der Waals surface area (Å²) in [5.74, 6) is 0. The van der Waals surface area contributed by atoms with Crippen molar-refractivity contribution in [1.82, 2.24) is 5.32 Å². The first-order chi connectivity index (χ1) is 5.16. The topological polar surface area (TPSA) is 21.3 Å². The number of nitrogens with one attached hydrogen (secondary N) is 1. The minimum absolute atomic E-state index is 0.393. The molecule has 0 aromatic rings. The zero-order valence-electron chi connectivity index (χ0n) is 7.19. The molecule has 0 aromatic carbocycles. The van der Waals surface area contributed by atoms with Crippen molar-refractivity contribution in [3.8, 4) is 0 Å². The highest BCUT2D eigenvalue weighted by atomic mass is 79.9. The van der Waals surface area contributed by atoms with E-state index in [-0.39, 0.29) is 0 Å². The summed E-state index contributed by atoms with van der Waals surface area (Å²) in [5, 5.41) is 3.25. The van der Waals surface area contributed by atoms with Crippen molar-refractivity contribution in [2.75, 3.05) is 19.8 Å². The van der Waals surface area contributed by atoms with E-state index < -0.39 is 0 Å². The van der Waals surface area contributed by atoms with Gasteiger partial charge in [-0.3, -0.25) is 0 Å². The number of ether oxygens (including phenoxy) is 1. The summed E-state index contributed by atoms with van der Waals surface area (Å²) in [5.41, 5.74) is 0. The fourth-order valence-corrected chi connectivity index (χ4v) is 0.800. The molecule has 0 aliphatic heterocycles. The molecule has 0 fully saturated rings. The van der Waals surface area contributed by atoms with E-state index in [1.807, 2.05) is 6.92 Å². The zero-order valence-corrected chi connectivity index (χ0v) is 8.78. The Hall–Kier alpha value is 0.140. The lowest BCUT2D eigenvalue weighted by Crippen LogP contribution is -2.31. The molecule has 0 aliphatic rings. The van der Waals surface area contributed by atoms with E-state index in [2.05, 4.69) is 34.7 Å². The van der Waals surface area contributed by atoms with Gasteiger partial charge in [0.05, 0.1) is 6.61 Å². The predicted molar refractivity (Wildman–Crippen MR) is 52.0 cm³/mol. The second-order valence-electron chi connectivity index (χ2n) is 2.46. The molecule has 2 nitrogen and oxygen atoms in total. The van der Waals surface area contributed by atoms with Crippen LogP contribution < -0.4 is 5.32 Å². The quantitative estimate of drug-likeness (QED) is 0.741. The summed E-state index contributed by atoms with van der Waals surface area (Å²) < 4.78 is 6.19. The molecule has 0 rings (SSSR count). The number of halogens is 1. The van der Waals surface area contributed by atoms with Gasteiger partial charge < -0.3 is 10.1 Å². The molecule has 0 aliphatic carbocycles. The molecule has 0 aromatic heterocycles. The normalized spacial score (nSPS) is 13.0. The molecule has 0 spiro atoms. The molecule has 1 unspecified atom stereocenters. The Kier molecular flexibility index (Phi) is 6.91. The van der Waals surface area contributed by atoms with Gasteiger partial charge in [-0.15, -0.1) is 0 Å². The highest BCUT2D eigenvalue weighted by molar-refractivity contribution is 9.11. The fourth-order valence-electron chi connectivity index (χ4n) is 0.639. The lowest BCUT2D eigenvalue weighted by atomic mass is 10.3. The summed E-state index contributed by atoms with van der Waals surface area (Å²) >= 11 is 3.27. The number of rotatable bonds is 6. The minimum Gasteiger partial charge on any atom is -0.380 e. The smallest absolute Gasteiger partial charge is 0.0616 e. The standard InChI is InChI=1S/C8H16BrNO/c1-4-11-6-8(3)10-5-7(2)9/h8,10H,2,4-6H2,1,3H3. The maximum Gasteiger partial charge on any atom is 0.0616 e. The van der Waals surface area contributed by atoms with Crippen molar-refractivity contribution in [2.24, 2.45) is 0 Å². The molecule has 0 heterocycles. The second kappa shape index (κ2) is 6.83. The van der Waals surface area contributed by atoms with Gasteiger partial charge >= 0.3 is 0 Å². The third-order valence-electron chi connectivity index (χ3n) is 1.21. The molecule has 1 N–H and O–H groups in total. The predicted octanol–water partition coefficient (Wildman–Crippen LogP) is 1.91. The van der Waals surface area contributed by atoms with Crippen LogP contribution in [0.2, 0.25) is 0 Å². The maximum atomic E-state index is 5.22. The highest BCUT2D eigenvalue weighted by Gasteiger charge is 1.99. The monoisotopic (exact) mass is 221 g/mol. The van der Waals surface area contributed by atoms with Gasteiger partial charge in [0.2, 0.25) is 0 Å². The van der Waals surface area contributed by atoms with Gasteiger partial charge in [-0.2, -0.15) is 0 Å². The van der Waals surface area contributed by atoms with Crippen LogP contribution in [0.15, 0.2) is 11.1 Å². The first-order valence-electron chi connectivity index (χ1n) is 3.81. The average molecular weight is 222 g/mol. The van der Waals surface area contributed by atoms with Crippen LogP contribution >= 0.6 is 15.9 Å². The Morgan fingerprint density at radius 2 is 2.36 bits per heavy atom. The molecule has 3 heteroatoms. The molecule has 1 atom stereocenters.